The molecule has 0 aliphatic heterocycles. The van der Waals surface area contributed by atoms with Gasteiger partial charge in [-0.15, -0.1) is 11.3 Å². The average Bonchev–Trinajstić information content (AvgIpc) is 3.00. The van der Waals surface area contributed by atoms with E-state index >= 15 is 0 Å². The smallest absolute Gasteiger partial charge is 0.260 e. The van der Waals surface area contributed by atoms with Gasteiger partial charge in [0.2, 0.25) is 0 Å². The normalized spacial score (nSPS) is 16.4. The molecule has 0 fully saturated rings. The minimum Gasteiger partial charge on any atom is -0.494 e. The lowest BCUT2D eigenvalue weighted by atomic mass is 9.89. The van der Waals surface area contributed by atoms with Crippen molar-refractivity contribution in [1.29, 1.82) is 0 Å². The minimum atomic E-state index is 0.0189. The number of H-pyrrole nitrogens is 1. The maximum atomic E-state index is 12.6. The average molecular weight is 401 g/mol. The third-order valence-corrected chi connectivity index (χ3v) is 7.07. The van der Waals surface area contributed by atoms with Gasteiger partial charge in [0, 0.05) is 10.6 Å². The molecule has 142 valence electrons. The van der Waals surface area contributed by atoms with Crippen LogP contribution in [0, 0.1) is 12.8 Å². The van der Waals surface area contributed by atoms with Gasteiger partial charge in [-0.25, -0.2) is 4.98 Å². The van der Waals surface area contributed by atoms with Gasteiger partial charge in [-0.1, -0.05) is 36.4 Å². The number of aromatic nitrogens is 2. The van der Waals surface area contributed by atoms with Crippen molar-refractivity contribution in [3.63, 3.8) is 0 Å². The van der Waals surface area contributed by atoms with Crippen LogP contribution in [-0.4, -0.2) is 22.3 Å². The molecule has 2 aromatic heterocycles. The zero-order valence-corrected chi connectivity index (χ0v) is 17.3. The maximum Gasteiger partial charge on any atom is 0.260 e. The lowest BCUT2D eigenvalue weighted by Gasteiger charge is -2.17. The summed E-state index contributed by atoms with van der Waals surface area (Å²) < 4.78 is 5.75. The number of hydrogen-bond acceptors (Lipinski definition) is 5. The molecule has 3 aromatic rings. The number of ether oxygens (including phenoxy) is 1. The molecule has 1 aliphatic rings. The summed E-state index contributed by atoms with van der Waals surface area (Å²) in [6.07, 6.45) is 4.15. The fraction of sp³-hybridized carbons (Fsp3) is 0.429. The van der Waals surface area contributed by atoms with E-state index in [4.69, 9.17) is 9.72 Å². The van der Waals surface area contributed by atoms with E-state index in [1.807, 2.05) is 12.1 Å². The second-order valence-corrected chi connectivity index (χ2v) is 9.43. The summed E-state index contributed by atoms with van der Waals surface area (Å²) in [6, 6.07) is 8.09. The summed E-state index contributed by atoms with van der Waals surface area (Å²) in [7, 11) is 0. The van der Waals surface area contributed by atoms with Crippen molar-refractivity contribution in [3.05, 3.63) is 50.6 Å². The van der Waals surface area contributed by atoms with Gasteiger partial charge in [-0.3, -0.25) is 4.79 Å². The number of aryl methyl sites for hydroxylation is 2. The Hall–Kier alpha value is -1.79. The predicted octanol–water partition coefficient (Wildman–Crippen LogP) is 4.98. The first-order valence-corrected chi connectivity index (χ1v) is 11.3. The summed E-state index contributed by atoms with van der Waals surface area (Å²) in [5, 5.41) is 1.54. The van der Waals surface area contributed by atoms with Crippen molar-refractivity contribution in [2.45, 2.75) is 44.7 Å². The first-order chi connectivity index (χ1) is 13.1. The molecule has 0 bridgehead atoms. The number of nitrogens with one attached hydrogen (secondary N) is 1. The Morgan fingerprint density at radius 3 is 2.96 bits per heavy atom. The van der Waals surface area contributed by atoms with E-state index in [0.717, 1.165) is 52.6 Å². The molecule has 0 saturated carbocycles. The molecule has 0 unspecified atom stereocenters. The van der Waals surface area contributed by atoms with Gasteiger partial charge < -0.3 is 9.72 Å². The van der Waals surface area contributed by atoms with E-state index in [1.165, 1.54) is 16.0 Å². The fourth-order valence-electron chi connectivity index (χ4n) is 3.45. The highest BCUT2D eigenvalue weighted by atomic mass is 32.2. The Morgan fingerprint density at radius 2 is 2.15 bits per heavy atom. The van der Waals surface area contributed by atoms with Gasteiger partial charge in [0.25, 0.3) is 5.56 Å². The highest BCUT2D eigenvalue weighted by molar-refractivity contribution is 7.99. The largest absolute Gasteiger partial charge is 0.494 e. The van der Waals surface area contributed by atoms with Crippen molar-refractivity contribution < 1.29 is 4.74 Å². The molecule has 6 heteroatoms. The molecule has 2 heterocycles. The summed E-state index contributed by atoms with van der Waals surface area (Å²) >= 11 is 3.30. The van der Waals surface area contributed by atoms with Crippen LogP contribution in [0.5, 0.6) is 5.75 Å². The van der Waals surface area contributed by atoms with Crippen LogP contribution in [0.2, 0.25) is 0 Å². The van der Waals surface area contributed by atoms with E-state index in [1.54, 1.807) is 23.1 Å². The first kappa shape index (κ1) is 18.6. The van der Waals surface area contributed by atoms with Crippen molar-refractivity contribution in [1.82, 2.24) is 9.97 Å². The minimum absolute atomic E-state index is 0.0189. The second-order valence-electron chi connectivity index (χ2n) is 7.27. The lowest BCUT2D eigenvalue weighted by molar-refractivity contribution is 0.318. The number of thioether (sulfide) groups is 1. The Bertz CT molecular complexity index is 992. The number of aromatic amines is 1. The monoisotopic (exact) mass is 400 g/mol. The molecule has 4 rings (SSSR count). The molecule has 4 nitrogen and oxygen atoms in total. The number of nitrogens with zero attached hydrogens (tertiary/aromatic N) is 1. The van der Waals surface area contributed by atoms with Gasteiger partial charge >= 0.3 is 0 Å². The van der Waals surface area contributed by atoms with Crippen LogP contribution < -0.4 is 10.3 Å². The predicted molar refractivity (Wildman–Crippen MR) is 113 cm³/mol. The van der Waals surface area contributed by atoms with E-state index in [-0.39, 0.29) is 5.56 Å². The van der Waals surface area contributed by atoms with Crippen LogP contribution in [0.25, 0.3) is 10.2 Å². The van der Waals surface area contributed by atoms with Crippen molar-refractivity contribution in [3.8, 4) is 5.75 Å². The summed E-state index contributed by atoms with van der Waals surface area (Å²) in [4.78, 5) is 22.5. The van der Waals surface area contributed by atoms with Gasteiger partial charge in [0.05, 0.1) is 12.0 Å². The van der Waals surface area contributed by atoms with Gasteiger partial charge in [-0.2, -0.15) is 0 Å². The summed E-state index contributed by atoms with van der Waals surface area (Å²) in [6.45, 7) is 5.01. The molecule has 1 N–H and O–H groups in total. The third-order valence-electron chi connectivity index (χ3n) is 4.96. The molecule has 0 radical (unpaired) electrons. The number of hydrogen-bond donors (Lipinski definition) is 1. The van der Waals surface area contributed by atoms with Crippen LogP contribution >= 0.6 is 23.1 Å². The Kier molecular flexibility index (Phi) is 5.55. The van der Waals surface area contributed by atoms with Crippen molar-refractivity contribution >= 4 is 33.3 Å². The molecule has 1 aliphatic carbocycles. The zero-order valence-electron chi connectivity index (χ0n) is 15.7. The quantitative estimate of drug-likeness (QED) is 0.360. The molecule has 27 heavy (non-hydrogen) atoms. The Labute approximate surface area is 167 Å². The molecule has 0 spiro atoms. The summed E-state index contributed by atoms with van der Waals surface area (Å²) in [5.74, 6) is 2.46. The van der Waals surface area contributed by atoms with Crippen LogP contribution in [0.15, 0.2) is 34.2 Å². The van der Waals surface area contributed by atoms with Crippen LogP contribution in [-0.2, 0) is 12.8 Å². The number of benzene rings is 1. The second kappa shape index (κ2) is 8.07. The number of fused-ring (bicyclic) bond motifs is 3. The Morgan fingerprint density at radius 1 is 1.33 bits per heavy atom. The fourth-order valence-corrected chi connectivity index (χ4v) is 5.67. The van der Waals surface area contributed by atoms with E-state index in [0.29, 0.717) is 12.5 Å². The SMILES string of the molecule is Cc1ccc(OCCCSc2nc3sc4c(c3c(=O)[nH]2)CC[C@@H](C)C4)cc1. The van der Waals surface area contributed by atoms with Gasteiger partial charge in [-0.05, 0) is 56.2 Å². The van der Waals surface area contributed by atoms with Crippen LogP contribution in [0.4, 0.5) is 0 Å². The molecule has 1 atom stereocenters. The highest BCUT2D eigenvalue weighted by Crippen LogP contribution is 2.36. The first-order valence-electron chi connectivity index (χ1n) is 9.47. The van der Waals surface area contributed by atoms with Crippen LogP contribution in [0.3, 0.4) is 0 Å². The van der Waals surface area contributed by atoms with Gasteiger partial charge in [0.1, 0.15) is 10.6 Å². The number of rotatable bonds is 6. The molecule has 0 amide bonds. The van der Waals surface area contributed by atoms with E-state index in [9.17, 15) is 4.79 Å². The molecular weight excluding hydrogens is 376 g/mol. The molecule has 0 saturated heterocycles. The maximum absolute atomic E-state index is 12.6. The van der Waals surface area contributed by atoms with Gasteiger partial charge in [0.15, 0.2) is 5.16 Å². The highest BCUT2D eigenvalue weighted by Gasteiger charge is 2.23. The molecule has 1 aromatic carbocycles. The number of thiophene rings is 1. The lowest BCUT2D eigenvalue weighted by Crippen LogP contribution is -2.13. The van der Waals surface area contributed by atoms with Crippen molar-refractivity contribution in [2.24, 2.45) is 5.92 Å². The standard InChI is InChI=1S/C21H24N2O2S2/c1-13-4-7-15(8-5-13)25-10-3-11-26-21-22-19(24)18-16-9-6-14(2)12-17(16)27-20(18)23-21/h4-5,7-8,14H,3,6,9-12H2,1-2H3,(H,22,23,24)/t14-/m1/s1. The van der Waals surface area contributed by atoms with E-state index in [2.05, 4.69) is 31.0 Å². The third kappa shape index (κ3) is 4.22. The topological polar surface area (TPSA) is 55.0 Å². The summed E-state index contributed by atoms with van der Waals surface area (Å²) in [5.41, 5.74) is 2.49. The molecular formula is C21H24N2O2S2. The zero-order chi connectivity index (χ0) is 18.8. The van der Waals surface area contributed by atoms with E-state index < -0.39 is 0 Å². The Balaban J connectivity index is 1.36. The van der Waals surface area contributed by atoms with Crippen molar-refractivity contribution in [2.75, 3.05) is 12.4 Å². The van der Waals surface area contributed by atoms with Crippen LogP contribution in [0.1, 0.15) is 35.8 Å².